The average molecular weight is 458 g/mol. The van der Waals surface area contributed by atoms with Crippen LogP contribution in [0.5, 0.6) is 11.5 Å². The van der Waals surface area contributed by atoms with E-state index in [9.17, 15) is 14.7 Å². The predicted molar refractivity (Wildman–Crippen MR) is 118 cm³/mol. The van der Waals surface area contributed by atoms with Gasteiger partial charge < -0.3 is 24.3 Å². The van der Waals surface area contributed by atoms with E-state index in [2.05, 4.69) is 5.32 Å². The number of methoxy groups -OCH3 is 1. The number of esters is 1. The van der Waals surface area contributed by atoms with E-state index in [1.165, 1.54) is 7.11 Å². The van der Waals surface area contributed by atoms with Gasteiger partial charge in [-0.05, 0) is 50.1 Å². The number of benzene rings is 1. The first-order valence-electron chi connectivity index (χ1n) is 10.4. The van der Waals surface area contributed by atoms with Crippen LogP contribution in [0.2, 0.25) is 5.02 Å². The fourth-order valence-electron chi connectivity index (χ4n) is 4.49. The normalized spacial score (nSPS) is 20.7. The highest BCUT2D eigenvalue weighted by Crippen LogP contribution is 2.48. The number of hydrogen-bond donors (Lipinski definition) is 2. The van der Waals surface area contributed by atoms with Crippen molar-refractivity contribution >= 4 is 23.4 Å². The van der Waals surface area contributed by atoms with E-state index < -0.39 is 11.9 Å². The molecule has 8 heteroatoms. The van der Waals surface area contributed by atoms with Gasteiger partial charge in [-0.1, -0.05) is 11.6 Å². The molecule has 0 amide bonds. The van der Waals surface area contributed by atoms with Crippen LogP contribution in [0, 0.1) is 0 Å². The third-order valence-corrected chi connectivity index (χ3v) is 6.16. The second kappa shape index (κ2) is 8.74. The SMILES string of the molecule is CCOC(=O)C1=C(C)NC2=C(C(=O)C[C@H](c3ccco3)C2)[C@H]1c1cc(Cl)c(O)c(OC)c1. The number of phenolic OH excluding ortho intramolecular Hbond substituents is 1. The fourth-order valence-corrected chi connectivity index (χ4v) is 4.71. The molecule has 7 nitrogen and oxygen atoms in total. The van der Waals surface area contributed by atoms with E-state index in [0.29, 0.717) is 28.8 Å². The van der Waals surface area contributed by atoms with Gasteiger partial charge in [0.2, 0.25) is 0 Å². The highest BCUT2D eigenvalue weighted by Gasteiger charge is 2.42. The van der Waals surface area contributed by atoms with Crippen molar-refractivity contribution in [1.29, 1.82) is 0 Å². The number of ketones is 1. The predicted octanol–water partition coefficient (Wildman–Crippen LogP) is 4.57. The minimum Gasteiger partial charge on any atom is -0.503 e. The molecule has 1 aliphatic carbocycles. The van der Waals surface area contributed by atoms with Gasteiger partial charge in [0.05, 0.1) is 30.6 Å². The highest BCUT2D eigenvalue weighted by molar-refractivity contribution is 6.32. The van der Waals surface area contributed by atoms with Crippen LogP contribution in [-0.2, 0) is 14.3 Å². The van der Waals surface area contributed by atoms with Crippen LogP contribution >= 0.6 is 11.6 Å². The molecule has 0 radical (unpaired) electrons. The number of allylic oxidation sites excluding steroid dienone is 3. The monoisotopic (exact) mass is 457 g/mol. The number of Topliss-reactive ketones (excluding diaryl/α,β-unsaturated/α-hetero) is 1. The summed E-state index contributed by atoms with van der Waals surface area (Å²) in [4.78, 5) is 26.4. The molecule has 0 fully saturated rings. The van der Waals surface area contributed by atoms with Crippen molar-refractivity contribution in [3.05, 3.63) is 69.4 Å². The van der Waals surface area contributed by atoms with Gasteiger partial charge in [0, 0.05) is 35.2 Å². The van der Waals surface area contributed by atoms with E-state index >= 15 is 0 Å². The van der Waals surface area contributed by atoms with E-state index in [0.717, 1.165) is 11.5 Å². The third kappa shape index (κ3) is 3.77. The molecule has 0 saturated heterocycles. The number of aromatic hydroxyl groups is 1. The molecule has 0 bridgehead atoms. The van der Waals surface area contributed by atoms with Gasteiger partial charge in [-0.25, -0.2) is 4.79 Å². The quantitative estimate of drug-likeness (QED) is 0.634. The molecular formula is C24H24ClNO6. The maximum Gasteiger partial charge on any atom is 0.336 e. The van der Waals surface area contributed by atoms with Gasteiger partial charge in [-0.15, -0.1) is 0 Å². The molecule has 2 aromatic rings. The number of phenols is 1. The smallest absolute Gasteiger partial charge is 0.336 e. The molecule has 32 heavy (non-hydrogen) atoms. The number of halogens is 1. The number of ether oxygens (including phenoxy) is 2. The number of dihydropyridines is 1. The molecule has 2 aliphatic rings. The fraction of sp³-hybridized carbons (Fsp3) is 0.333. The van der Waals surface area contributed by atoms with Crippen molar-refractivity contribution < 1.29 is 28.6 Å². The van der Waals surface area contributed by atoms with Crippen molar-refractivity contribution in [2.75, 3.05) is 13.7 Å². The van der Waals surface area contributed by atoms with Crippen molar-refractivity contribution in [2.45, 2.75) is 38.5 Å². The largest absolute Gasteiger partial charge is 0.503 e. The zero-order valence-electron chi connectivity index (χ0n) is 18.0. The standard InChI is InChI=1S/C24H24ClNO6/c1-4-31-24(29)20-12(2)26-16-9-13(18-6-5-7-32-18)10-17(27)22(16)21(20)14-8-15(25)23(28)19(11-14)30-3/h5-8,11,13,21,26,28H,4,9-10H2,1-3H3/t13-,21+/m1/s1. The highest BCUT2D eigenvalue weighted by atomic mass is 35.5. The van der Waals surface area contributed by atoms with Crippen LogP contribution in [0.25, 0.3) is 0 Å². The Balaban J connectivity index is 1.87. The van der Waals surface area contributed by atoms with Gasteiger partial charge in [-0.2, -0.15) is 0 Å². The van der Waals surface area contributed by atoms with Gasteiger partial charge in [0.1, 0.15) is 5.76 Å². The van der Waals surface area contributed by atoms with E-state index in [1.54, 1.807) is 38.3 Å². The molecule has 1 aliphatic heterocycles. The van der Waals surface area contributed by atoms with E-state index in [1.807, 2.05) is 6.07 Å². The van der Waals surface area contributed by atoms with Crippen LogP contribution in [0.3, 0.4) is 0 Å². The Bertz CT molecular complexity index is 1130. The number of furan rings is 1. The maximum absolute atomic E-state index is 13.4. The van der Waals surface area contributed by atoms with Crippen molar-refractivity contribution in [2.24, 2.45) is 0 Å². The average Bonchev–Trinajstić information content (AvgIpc) is 3.29. The molecule has 4 rings (SSSR count). The number of nitrogens with one attached hydrogen (secondary N) is 1. The van der Waals surface area contributed by atoms with Gasteiger partial charge in [0.25, 0.3) is 0 Å². The van der Waals surface area contributed by atoms with Crippen molar-refractivity contribution in [3.63, 3.8) is 0 Å². The molecule has 1 aromatic heterocycles. The molecule has 1 aromatic carbocycles. The van der Waals surface area contributed by atoms with Crippen LogP contribution in [0.4, 0.5) is 0 Å². The van der Waals surface area contributed by atoms with Crippen molar-refractivity contribution in [3.8, 4) is 11.5 Å². The Labute approximate surface area is 190 Å². The van der Waals surface area contributed by atoms with Crippen molar-refractivity contribution in [1.82, 2.24) is 5.32 Å². The van der Waals surface area contributed by atoms with Gasteiger partial charge >= 0.3 is 5.97 Å². The summed E-state index contributed by atoms with van der Waals surface area (Å²) >= 11 is 6.25. The van der Waals surface area contributed by atoms with Crippen LogP contribution < -0.4 is 10.1 Å². The first-order chi connectivity index (χ1) is 15.3. The molecule has 2 atom stereocenters. The lowest BCUT2D eigenvalue weighted by Gasteiger charge is -2.36. The Kier molecular flexibility index (Phi) is 6.02. The lowest BCUT2D eigenvalue weighted by atomic mass is 9.72. The summed E-state index contributed by atoms with van der Waals surface area (Å²) in [5, 5.41) is 13.5. The number of carbonyl (C=O) groups excluding carboxylic acids is 2. The van der Waals surface area contributed by atoms with Crippen LogP contribution in [-0.4, -0.2) is 30.6 Å². The molecule has 0 spiro atoms. The summed E-state index contributed by atoms with van der Waals surface area (Å²) in [6, 6.07) is 6.81. The topological polar surface area (TPSA) is 98.0 Å². The zero-order valence-corrected chi connectivity index (χ0v) is 18.8. The molecule has 2 heterocycles. The summed E-state index contributed by atoms with van der Waals surface area (Å²) < 4.78 is 16.1. The number of hydrogen-bond acceptors (Lipinski definition) is 7. The zero-order chi connectivity index (χ0) is 23.0. The summed E-state index contributed by atoms with van der Waals surface area (Å²) in [6.07, 6.45) is 2.40. The minimum atomic E-state index is -0.706. The summed E-state index contributed by atoms with van der Waals surface area (Å²) in [7, 11) is 1.41. The Morgan fingerprint density at radius 2 is 2.12 bits per heavy atom. The van der Waals surface area contributed by atoms with E-state index in [-0.39, 0.29) is 41.3 Å². The number of carbonyl (C=O) groups is 2. The lowest BCUT2D eigenvalue weighted by Crippen LogP contribution is -2.36. The Morgan fingerprint density at radius 3 is 2.78 bits per heavy atom. The number of rotatable bonds is 5. The summed E-state index contributed by atoms with van der Waals surface area (Å²) in [6.45, 7) is 3.70. The third-order valence-electron chi connectivity index (χ3n) is 5.87. The van der Waals surface area contributed by atoms with E-state index in [4.69, 9.17) is 25.5 Å². The summed E-state index contributed by atoms with van der Waals surface area (Å²) in [5.74, 6) is -0.712. The Hall–Kier alpha value is -3.19. The van der Waals surface area contributed by atoms with Crippen LogP contribution in [0.15, 0.2) is 57.5 Å². The van der Waals surface area contributed by atoms with Gasteiger partial charge in [0.15, 0.2) is 17.3 Å². The minimum absolute atomic E-state index is 0.0672. The molecule has 168 valence electrons. The first kappa shape index (κ1) is 22.0. The second-order valence-corrected chi connectivity index (χ2v) is 8.21. The second-order valence-electron chi connectivity index (χ2n) is 7.81. The maximum atomic E-state index is 13.4. The summed E-state index contributed by atoms with van der Waals surface area (Å²) in [5.41, 5.74) is 2.72. The molecule has 0 saturated carbocycles. The lowest BCUT2D eigenvalue weighted by molar-refractivity contribution is -0.138. The van der Waals surface area contributed by atoms with Crippen LogP contribution in [0.1, 0.15) is 49.8 Å². The van der Waals surface area contributed by atoms with Gasteiger partial charge in [-0.3, -0.25) is 4.79 Å². The molecule has 0 unspecified atom stereocenters. The first-order valence-corrected chi connectivity index (χ1v) is 10.7. The molecule has 2 N–H and O–H groups in total. The molecular weight excluding hydrogens is 434 g/mol. The Morgan fingerprint density at radius 1 is 1.34 bits per heavy atom.